The van der Waals surface area contributed by atoms with Gasteiger partial charge in [0, 0.05) is 13.2 Å². The average molecular weight is 240 g/mol. The molecule has 88 valence electrons. The number of fused-ring (bicyclic) bond motifs is 1. The smallest absolute Gasteiger partial charge is 0.263 e. The van der Waals surface area contributed by atoms with Crippen LogP contribution in [0.1, 0.15) is 11.3 Å². The van der Waals surface area contributed by atoms with Crippen LogP contribution in [0.5, 0.6) is 0 Å². The predicted molar refractivity (Wildman–Crippen MR) is 63.7 cm³/mol. The van der Waals surface area contributed by atoms with Crippen molar-refractivity contribution in [2.75, 3.05) is 0 Å². The number of aryl methyl sites for hydroxylation is 1. The molecule has 0 atom stereocenters. The summed E-state index contributed by atoms with van der Waals surface area (Å²) >= 11 is 0. The second-order valence-corrected chi connectivity index (χ2v) is 3.68. The molecule has 3 rings (SSSR count). The third-order valence-corrected chi connectivity index (χ3v) is 2.39. The molecule has 0 radical (unpaired) electrons. The first-order valence-electron chi connectivity index (χ1n) is 5.16. The van der Waals surface area contributed by atoms with Crippen molar-refractivity contribution >= 4 is 11.0 Å². The first-order valence-corrected chi connectivity index (χ1v) is 5.16. The Hall–Kier alpha value is -2.88. The number of aromatic nitrogens is 6. The summed E-state index contributed by atoms with van der Waals surface area (Å²) in [6.07, 6.45) is 4.74. The second-order valence-electron chi connectivity index (χ2n) is 3.68. The van der Waals surface area contributed by atoms with Gasteiger partial charge in [-0.25, -0.2) is 4.98 Å². The average Bonchev–Trinajstić information content (AvgIpc) is 2.94. The Labute approximate surface area is 101 Å². The lowest BCUT2D eigenvalue weighted by Gasteiger charge is -1.85. The zero-order valence-corrected chi connectivity index (χ0v) is 9.43. The van der Waals surface area contributed by atoms with E-state index in [9.17, 15) is 4.79 Å². The number of nitrogens with zero attached hydrogens (tertiary/aromatic N) is 4. The molecule has 0 spiro atoms. The quantitative estimate of drug-likeness (QED) is 0.531. The van der Waals surface area contributed by atoms with Crippen LogP contribution in [0.15, 0.2) is 23.5 Å². The van der Waals surface area contributed by atoms with Gasteiger partial charge < -0.3 is 4.98 Å². The lowest BCUT2D eigenvalue weighted by molar-refractivity contribution is 0.767. The van der Waals surface area contributed by atoms with E-state index in [2.05, 4.69) is 37.1 Å². The fraction of sp³-hybridized carbons (Fsp3) is 0.0909. The predicted octanol–water partition coefficient (Wildman–Crippen LogP) is -0.221. The van der Waals surface area contributed by atoms with Crippen molar-refractivity contribution in [3.8, 4) is 11.8 Å². The normalized spacial score (nSPS) is 10.3. The first kappa shape index (κ1) is 10.3. The van der Waals surface area contributed by atoms with Gasteiger partial charge >= 0.3 is 0 Å². The molecule has 0 bridgehead atoms. The van der Waals surface area contributed by atoms with Crippen molar-refractivity contribution in [3.63, 3.8) is 0 Å². The Morgan fingerprint density at radius 2 is 2.28 bits per heavy atom. The maximum atomic E-state index is 11.6. The van der Waals surface area contributed by atoms with Crippen LogP contribution < -0.4 is 5.56 Å². The van der Waals surface area contributed by atoms with Crippen LogP contribution in [0.2, 0.25) is 0 Å². The summed E-state index contributed by atoms with van der Waals surface area (Å²) < 4.78 is 1.66. The Bertz CT molecular complexity index is 828. The van der Waals surface area contributed by atoms with Crippen LogP contribution in [0.3, 0.4) is 0 Å². The third-order valence-electron chi connectivity index (χ3n) is 2.39. The topological polar surface area (TPSA) is 92.2 Å². The van der Waals surface area contributed by atoms with Gasteiger partial charge in [0.1, 0.15) is 11.1 Å². The Morgan fingerprint density at radius 3 is 3.06 bits per heavy atom. The Kier molecular flexibility index (Phi) is 2.20. The number of hydrogen-bond donors (Lipinski definition) is 2. The fourth-order valence-electron chi connectivity index (χ4n) is 1.58. The van der Waals surface area contributed by atoms with Crippen LogP contribution >= 0.6 is 0 Å². The molecule has 2 N–H and O–H groups in total. The largest absolute Gasteiger partial charge is 0.312 e. The van der Waals surface area contributed by atoms with Crippen LogP contribution in [0, 0.1) is 11.8 Å². The minimum absolute atomic E-state index is 0.260. The van der Waals surface area contributed by atoms with Crippen LogP contribution in [0.25, 0.3) is 11.0 Å². The van der Waals surface area contributed by atoms with E-state index < -0.39 is 0 Å². The molecule has 0 amide bonds. The lowest BCUT2D eigenvalue weighted by Crippen LogP contribution is -2.05. The molecule has 0 aromatic carbocycles. The lowest BCUT2D eigenvalue weighted by atomic mass is 10.3. The fourth-order valence-corrected chi connectivity index (χ4v) is 1.58. The Morgan fingerprint density at radius 1 is 1.39 bits per heavy atom. The van der Waals surface area contributed by atoms with Crippen molar-refractivity contribution in [2.24, 2.45) is 7.05 Å². The molecule has 7 nitrogen and oxygen atoms in total. The van der Waals surface area contributed by atoms with Gasteiger partial charge in [-0.15, -0.1) is 0 Å². The summed E-state index contributed by atoms with van der Waals surface area (Å²) in [4.78, 5) is 18.1. The zero-order valence-electron chi connectivity index (χ0n) is 9.43. The van der Waals surface area contributed by atoms with Crippen molar-refractivity contribution < 1.29 is 0 Å². The molecule has 3 aromatic rings. The van der Waals surface area contributed by atoms with Crippen LogP contribution in [-0.4, -0.2) is 29.9 Å². The minimum Gasteiger partial charge on any atom is -0.312 e. The van der Waals surface area contributed by atoms with E-state index >= 15 is 0 Å². The molecule has 0 unspecified atom stereocenters. The Balaban J connectivity index is 2.11. The molecule has 0 saturated carbocycles. The molecule has 3 aromatic heterocycles. The van der Waals surface area contributed by atoms with E-state index in [-0.39, 0.29) is 5.56 Å². The highest BCUT2D eigenvalue weighted by Crippen LogP contribution is 2.06. The standard InChI is InChI=1S/C11H8N6O/c1-17-5-7(4-14-17)2-3-8-9-10(16-15-8)12-6-13-11(9)18/h4-6H,1H3,(H2,12,13,15,16,18). The highest BCUT2D eigenvalue weighted by atomic mass is 16.1. The van der Waals surface area contributed by atoms with Crippen molar-refractivity contribution in [1.29, 1.82) is 0 Å². The number of rotatable bonds is 0. The van der Waals surface area contributed by atoms with Gasteiger partial charge in [0.25, 0.3) is 5.56 Å². The van der Waals surface area contributed by atoms with Crippen molar-refractivity contribution in [1.82, 2.24) is 29.9 Å². The third kappa shape index (κ3) is 1.66. The van der Waals surface area contributed by atoms with Crippen molar-refractivity contribution in [2.45, 2.75) is 0 Å². The summed E-state index contributed by atoms with van der Waals surface area (Å²) in [5, 5.41) is 11.0. The van der Waals surface area contributed by atoms with Crippen LogP contribution in [0.4, 0.5) is 0 Å². The molecular weight excluding hydrogens is 232 g/mol. The van der Waals surface area contributed by atoms with Crippen molar-refractivity contribution in [3.05, 3.63) is 40.3 Å². The van der Waals surface area contributed by atoms with E-state index in [1.807, 2.05) is 7.05 Å². The molecular formula is C11H8N6O. The van der Waals surface area contributed by atoms with E-state index in [0.717, 1.165) is 5.56 Å². The van der Waals surface area contributed by atoms with Gasteiger partial charge in [-0.3, -0.25) is 14.6 Å². The van der Waals surface area contributed by atoms with Gasteiger partial charge in [0.15, 0.2) is 5.65 Å². The minimum atomic E-state index is -0.260. The highest BCUT2D eigenvalue weighted by molar-refractivity contribution is 5.79. The van der Waals surface area contributed by atoms with E-state index in [1.54, 1.807) is 17.1 Å². The summed E-state index contributed by atoms with van der Waals surface area (Å²) in [7, 11) is 1.81. The summed E-state index contributed by atoms with van der Waals surface area (Å²) in [5.74, 6) is 5.76. The molecule has 18 heavy (non-hydrogen) atoms. The van der Waals surface area contributed by atoms with Gasteiger partial charge in [-0.1, -0.05) is 5.92 Å². The number of H-pyrrole nitrogens is 2. The molecule has 3 heterocycles. The van der Waals surface area contributed by atoms with E-state index in [1.165, 1.54) is 6.33 Å². The second kappa shape index (κ2) is 3.85. The highest BCUT2D eigenvalue weighted by Gasteiger charge is 2.07. The summed E-state index contributed by atoms with van der Waals surface area (Å²) in [6.45, 7) is 0. The molecule has 0 aliphatic rings. The molecule has 0 saturated heterocycles. The summed E-state index contributed by atoms with van der Waals surface area (Å²) in [5.41, 5.74) is 1.31. The zero-order chi connectivity index (χ0) is 12.5. The van der Waals surface area contributed by atoms with Gasteiger partial charge in [-0.2, -0.15) is 10.2 Å². The molecule has 0 aliphatic carbocycles. The van der Waals surface area contributed by atoms with Crippen LogP contribution in [-0.2, 0) is 7.05 Å². The van der Waals surface area contributed by atoms with E-state index in [4.69, 9.17) is 0 Å². The SMILES string of the molecule is Cn1cc(C#Cc2[nH]nc3nc[nH]c(=O)c23)cn1. The number of aromatic amines is 2. The summed E-state index contributed by atoms with van der Waals surface area (Å²) in [6, 6.07) is 0. The maximum absolute atomic E-state index is 11.6. The molecule has 0 fully saturated rings. The number of nitrogens with one attached hydrogen (secondary N) is 2. The van der Waals surface area contributed by atoms with Gasteiger partial charge in [-0.05, 0) is 5.92 Å². The maximum Gasteiger partial charge on any atom is 0.263 e. The molecule has 7 heteroatoms. The van der Waals surface area contributed by atoms with Gasteiger partial charge in [0.2, 0.25) is 0 Å². The van der Waals surface area contributed by atoms with E-state index in [0.29, 0.717) is 16.7 Å². The number of hydrogen-bond acceptors (Lipinski definition) is 4. The first-order chi connectivity index (χ1) is 8.74. The molecule has 0 aliphatic heterocycles. The van der Waals surface area contributed by atoms with Gasteiger partial charge in [0.05, 0.1) is 18.1 Å². The monoisotopic (exact) mass is 240 g/mol.